The summed E-state index contributed by atoms with van der Waals surface area (Å²) in [4.78, 5) is 16.8. The summed E-state index contributed by atoms with van der Waals surface area (Å²) in [5.41, 5.74) is 7.38. The second-order valence-electron chi connectivity index (χ2n) is 7.96. The van der Waals surface area contributed by atoms with Crippen molar-refractivity contribution in [2.45, 2.75) is 70.7 Å². The Bertz CT molecular complexity index is 706. The first-order valence-electron chi connectivity index (χ1n) is 9.60. The zero-order chi connectivity index (χ0) is 21.8. The summed E-state index contributed by atoms with van der Waals surface area (Å²) in [7, 11) is -0.668. The van der Waals surface area contributed by atoms with Crippen LogP contribution in [0.4, 0.5) is 4.39 Å². The van der Waals surface area contributed by atoms with Gasteiger partial charge in [-0.15, -0.1) is 0 Å². The highest BCUT2D eigenvalue weighted by Crippen LogP contribution is 2.41. The number of carbonyl (C=O) groups excluding carboxylic acids is 1. The highest BCUT2D eigenvalue weighted by Gasteiger charge is 2.55. The zero-order valence-electron chi connectivity index (χ0n) is 17.5. The molecule has 10 heteroatoms. The van der Waals surface area contributed by atoms with E-state index in [1.165, 1.54) is 12.1 Å². The molecule has 0 aromatic heterocycles. The first-order chi connectivity index (χ1) is 13.5. The molecule has 1 aliphatic rings. The minimum atomic E-state index is -0.897. The van der Waals surface area contributed by atoms with Crippen molar-refractivity contribution in [1.82, 2.24) is 5.48 Å². The van der Waals surface area contributed by atoms with Crippen LogP contribution in [0.15, 0.2) is 18.2 Å². The third-order valence-electron chi connectivity index (χ3n) is 5.28. The summed E-state index contributed by atoms with van der Waals surface area (Å²) in [6.07, 6.45) is -0.255. The van der Waals surface area contributed by atoms with Crippen molar-refractivity contribution in [3.05, 3.63) is 29.0 Å². The molecule has 1 heterocycles. The zero-order valence-corrected chi connectivity index (χ0v) is 18.2. The quantitative estimate of drug-likeness (QED) is 0.354. The molecule has 7 nitrogen and oxygen atoms in total. The highest BCUT2D eigenvalue weighted by molar-refractivity contribution is 6.47. The lowest BCUT2D eigenvalue weighted by atomic mass is 9.69. The van der Waals surface area contributed by atoms with Crippen LogP contribution in [0, 0.1) is 5.82 Å². The van der Waals surface area contributed by atoms with E-state index in [0.29, 0.717) is 12.2 Å². The normalized spacial score (nSPS) is 19.7. The minimum Gasteiger partial charge on any atom is -0.494 e. The largest absolute Gasteiger partial charge is 0.494 e. The molecule has 3 N–H and O–H groups in total. The average Bonchev–Trinajstić information content (AvgIpc) is 2.86. The summed E-state index contributed by atoms with van der Waals surface area (Å²) < 4.78 is 31.4. The molecule has 0 unspecified atom stereocenters. The number of hydrogen-bond acceptors (Lipinski definition) is 6. The molecular formula is C19H29BClFN2O5. The number of hydroxylamine groups is 1. The topological polar surface area (TPSA) is 92.0 Å². The Morgan fingerprint density at radius 3 is 2.48 bits per heavy atom. The van der Waals surface area contributed by atoms with E-state index in [9.17, 15) is 9.18 Å². The first kappa shape index (κ1) is 23.9. The van der Waals surface area contributed by atoms with E-state index in [1.54, 1.807) is 13.0 Å². The maximum atomic E-state index is 13.6. The molecule has 0 saturated carbocycles. The van der Waals surface area contributed by atoms with Gasteiger partial charge < -0.3 is 19.8 Å². The lowest BCUT2D eigenvalue weighted by Crippen LogP contribution is -2.44. The molecule has 2 rings (SSSR count). The van der Waals surface area contributed by atoms with E-state index in [1.807, 2.05) is 27.7 Å². The molecule has 0 bridgehead atoms. The van der Waals surface area contributed by atoms with Crippen molar-refractivity contribution in [2.75, 3.05) is 6.61 Å². The second kappa shape index (κ2) is 9.62. The number of carbonyl (C=O) groups is 1. The number of nitrogens with two attached hydrogens (primary N) is 1. The van der Waals surface area contributed by atoms with Crippen molar-refractivity contribution in [2.24, 2.45) is 5.73 Å². The van der Waals surface area contributed by atoms with Crippen LogP contribution in [0.5, 0.6) is 5.75 Å². The minimum absolute atomic E-state index is 0.0227. The van der Waals surface area contributed by atoms with Crippen LogP contribution in [0.1, 0.15) is 47.5 Å². The first-order valence-corrected chi connectivity index (χ1v) is 9.98. The summed E-state index contributed by atoms with van der Waals surface area (Å²) in [5.74, 6) is -0.964. The highest BCUT2D eigenvalue weighted by atomic mass is 35.5. The molecule has 162 valence electrons. The van der Waals surface area contributed by atoms with Crippen LogP contribution in [-0.4, -0.2) is 37.1 Å². The number of rotatable bonds is 9. The van der Waals surface area contributed by atoms with Gasteiger partial charge in [0.15, 0.2) is 0 Å². The Labute approximate surface area is 176 Å². The van der Waals surface area contributed by atoms with Gasteiger partial charge in [0.05, 0.1) is 22.8 Å². The molecule has 0 spiro atoms. The van der Waals surface area contributed by atoms with Crippen molar-refractivity contribution < 1.29 is 28.1 Å². The SMILES string of the molecule is CCC(=O)NO[C@@H](N)[C@H](CCOc1ccc(Cl)c(F)c1)B1OC(C)(C)C(C)(C)O1. The summed E-state index contributed by atoms with van der Waals surface area (Å²) in [6, 6.07) is 4.21. The monoisotopic (exact) mass is 430 g/mol. The Hall–Kier alpha value is -1.39. The Kier molecular flexibility index (Phi) is 7.92. The standard InChI is InChI=1S/C19H29BClFN2O5/c1-6-16(25)24-27-17(23)13(20-28-18(2,3)19(4,5)29-20)9-10-26-12-7-8-14(21)15(22)11-12/h7-8,11,13,17H,6,9-10,23H2,1-5H3,(H,24,25)/t13-,17+/m0/s1. The Morgan fingerprint density at radius 1 is 1.31 bits per heavy atom. The Morgan fingerprint density at radius 2 is 1.93 bits per heavy atom. The van der Waals surface area contributed by atoms with Gasteiger partial charge in [-0.3, -0.25) is 9.63 Å². The smallest absolute Gasteiger partial charge is 0.465 e. The van der Waals surface area contributed by atoms with E-state index < -0.39 is 36.2 Å². The molecule has 2 atom stereocenters. The van der Waals surface area contributed by atoms with Gasteiger partial charge in [0.2, 0.25) is 5.91 Å². The van der Waals surface area contributed by atoms with E-state index in [2.05, 4.69) is 5.48 Å². The van der Waals surface area contributed by atoms with Gasteiger partial charge in [0, 0.05) is 18.3 Å². The van der Waals surface area contributed by atoms with Gasteiger partial charge in [-0.05, 0) is 46.2 Å². The predicted octanol–water partition coefficient (Wildman–Crippen LogP) is 3.45. The fourth-order valence-corrected chi connectivity index (χ4v) is 2.81. The van der Waals surface area contributed by atoms with Crippen molar-refractivity contribution >= 4 is 24.6 Å². The maximum Gasteiger partial charge on any atom is 0.465 e. The molecule has 0 aliphatic carbocycles. The maximum absolute atomic E-state index is 13.6. The van der Waals surface area contributed by atoms with Gasteiger partial charge in [-0.1, -0.05) is 18.5 Å². The van der Waals surface area contributed by atoms with Crippen LogP contribution in [0.2, 0.25) is 10.8 Å². The number of halogens is 2. The molecule has 29 heavy (non-hydrogen) atoms. The predicted molar refractivity (Wildman–Crippen MR) is 109 cm³/mol. The average molecular weight is 431 g/mol. The fraction of sp³-hybridized carbons (Fsp3) is 0.632. The third kappa shape index (κ3) is 6.05. The summed E-state index contributed by atoms with van der Waals surface area (Å²) in [6.45, 7) is 9.64. The second-order valence-corrected chi connectivity index (χ2v) is 8.37. The number of nitrogens with one attached hydrogen (secondary N) is 1. The van der Waals surface area contributed by atoms with E-state index in [-0.39, 0.29) is 24.0 Å². The van der Waals surface area contributed by atoms with Crippen LogP contribution in [0.25, 0.3) is 0 Å². The van der Waals surface area contributed by atoms with Crippen molar-refractivity contribution in [1.29, 1.82) is 0 Å². The van der Waals surface area contributed by atoms with E-state index in [0.717, 1.165) is 0 Å². The molecule has 1 aromatic carbocycles. The van der Waals surface area contributed by atoms with E-state index in [4.69, 9.17) is 36.2 Å². The molecule has 0 radical (unpaired) electrons. The molecule has 1 amide bonds. The number of benzene rings is 1. The number of amides is 1. The molecule has 1 fully saturated rings. The molecular weight excluding hydrogens is 401 g/mol. The third-order valence-corrected chi connectivity index (χ3v) is 5.59. The van der Waals surface area contributed by atoms with Crippen molar-refractivity contribution in [3.8, 4) is 5.75 Å². The lowest BCUT2D eigenvalue weighted by Gasteiger charge is -2.32. The number of hydrogen-bond donors (Lipinski definition) is 2. The van der Waals surface area contributed by atoms with Crippen LogP contribution < -0.4 is 16.0 Å². The Balaban J connectivity index is 2.05. The summed E-state index contributed by atoms with van der Waals surface area (Å²) in [5, 5.41) is 0.0227. The lowest BCUT2D eigenvalue weighted by molar-refractivity contribution is -0.138. The van der Waals surface area contributed by atoms with Crippen LogP contribution in [0.3, 0.4) is 0 Å². The molecule has 1 saturated heterocycles. The molecule has 1 aromatic rings. The van der Waals surface area contributed by atoms with Crippen LogP contribution >= 0.6 is 11.6 Å². The van der Waals surface area contributed by atoms with Gasteiger partial charge in [0.1, 0.15) is 17.8 Å². The fourth-order valence-electron chi connectivity index (χ4n) is 2.69. The van der Waals surface area contributed by atoms with Gasteiger partial charge in [-0.2, -0.15) is 0 Å². The summed E-state index contributed by atoms with van der Waals surface area (Å²) >= 11 is 5.69. The van der Waals surface area contributed by atoms with Crippen molar-refractivity contribution in [3.63, 3.8) is 0 Å². The van der Waals surface area contributed by atoms with Gasteiger partial charge in [0.25, 0.3) is 0 Å². The van der Waals surface area contributed by atoms with Crippen LogP contribution in [-0.2, 0) is 18.9 Å². The number of ether oxygens (including phenoxy) is 1. The molecule has 1 aliphatic heterocycles. The van der Waals surface area contributed by atoms with E-state index >= 15 is 0 Å². The van der Waals surface area contributed by atoms with Gasteiger partial charge in [-0.25, -0.2) is 9.87 Å². The van der Waals surface area contributed by atoms with Gasteiger partial charge >= 0.3 is 7.12 Å².